The van der Waals surface area contributed by atoms with E-state index in [1.807, 2.05) is 49.4 Å². The first-order chi connectivity index (χ1) is 14.8. The molecule has 164 valence electrons. The fraction of sp³-hybridized carbons (Fsp3) is 0.360. The van der Waals surface area contributed by atoms with Gasteiger partial charge in [0.2, 0.25) is 0 Å². The number of carbonyl (C=O) groups is 1. The zero-order valence-corrected chi connectivity index (χ0v) is 20.1. The van der Waals surface area contributed by atoms with Crippen molar-refractivity contribution in [1.29, 1.82) is 0 Å². The monoisotopic (exact) mass is 455 g/mol. The van der Waals surface area contributed by atoms with Crippen LogP contribution in [0.25, 0.3) is 6.08 Å². The van der Waals surface area contributed by atoms with Crippen LogP contribution in [0.3, 0.4) is 0 Å². The smallest absolute Gasteiger partial charge is 0.266 e. The topological polar surface area (TPSA) is 38.8 Å². The van der Waals surface area contributed by atoms with E-state index in [-0.39, 0.29) is 11.3 Å². The molecule has 2 aromatic rings. The molecule has 0 spiro atoms. The van der Waals surface area contributed by atoms with Crippen molar-refractivity contribution in [1.82, 2.24) is 4.90 Å². The molecule has 0 N–H and O–H groups in total. The molecule has 0 radical (unpaired) electrons. The molecule has 2 aromatic carbocycles. The normalized spacial score (nSPS) is 15.6. The zero-order chi connectivity index (χ0) is 22.4. The molecular weight excluding hydrogens is 426 g/mol. The maximum atomic E-state index is 12.5. The third-order valence-corrected chi connectivity index (χ3v) is 6.20. The summed E-state index contributed by atoms with van der Waals surface area (Å²) in [4.78, 5) is 14.8. The molecule has 0 saturated carbocycles. The lowest BCUT2D eigenvalue weighted by molar-refractivity contribution is -0.122. The summed E-state index contributed by atoms with van der Waals surface area (Å²) in [5, 5.41) is 0. The molecular formula is C25H29NO3S2. The standard InChI is InChI=1S/C25H29NO3S2/c1-5-13-26-23(27)22(31-24(26)30)17-18-7-6-8-21(16-18)29-15-14-28-20-11-9-19(10-12-20)25(2,3)4/h6-12,16-17H,5,13-15H2,1-4H3/b22-17+. The fourth-order valence-electron chi connectivity index (χ4n) is 3.13. The molecule has 1 aliphatic heterocycles. The fourth-order valence-corrected chi connectivity index (χ4v) is 4.44. The molecule has 31 heavy (non-hydrogen) atoms. The highest BCUT2D eigenvalue weighted by atomic mass is 32.2. The van der Waals surface area contributed by atoms with Gasteiger partial charge in [0.15, 0.2) is 0 Å². The highest BCUT2D eigenvalue weighted by Gasteiger charge is 2.31. The minimum atomic E-state index is -0.0194. The number of rotatable bonds is 8. The van der Waals surface area contributed by atoms with Crippen molar-refractivity contribution in [3.8, 4) is 11.5 Å². The summed E-state index contributed by atoms with van der Waals surface area (Å²) in [5.41, 5.74) is 2.32. The minimum Gasteiger partial charge on any atom is -0.490 e. The first-order valence-electron chi connectivity index (χ1n) is 10.5. The number of benzene rings is 2. The molecule has 3 rings (SSSR count). The molecule has 1 fully saturated rings. The third-order valence-electron chi connectivity index (χ3n) is 4.82. The molecule has 4 nitrogen and oxygen atoms in total. The number of amides is 1. The van der Waals surface area contributed by atoms with Crippen LogP contribution >= 0.6 is 24.0 Å². The number of thiocarbonyl (C=S) groups is 1. The quantitative estimate of drug-likeness (QED) is 0.275. The van der Waals surface area contributed by atoms with Gasteiger partial charge in [-0.2, -0.15) is 0 Å². The highest BCUT2D eigenvalue weighted by molar-refractivity contribution is 8.26. The van der Waals surface area contributed by atoms with Crippen molar-refractivity contribution in [2.75, 3.05) is 19.8 Å². The van der Waals surface area contributed by atoms with Crippen molar-refractivity contribution in [2.45, 2.75) is 39.5 Å². The van der Waals surface area contributed by atoms with E-state index < -0.39 is 0 Å². The molecule has 1 heterocycles. The molecule has 6 heteroatoms. The molecule has 0 atom stereocenters. The first-order valence-corrected chi connectivity index (χ1v) is 11.7. The number of ether oxygens (including phenoxy) is 2. The summed E-state index contributed by atoms with van der Waals surface area (Å²) in [6, 6.07) is 15.9. The van der Waals surface area contributed by atoms with Crippen LogP contribution in [0.1, 0.15) is 45.2 Å². The Balaban J connectivity index is 1.53. The van der Waals surface area contributed by atoms with Crippen molar-refractivity contribution in [3.05, 3.63) is 64.6 Å². The second kappa shape index (κ2) is 10.3. The number of carbonyl (C=O) groups excluding carboxylic acids is 1. The Morgan fingerprint density at radius 1 is 1.03 bits per heavy atom. The van der Waals surface area contributed by atoms with Gasteiger partial charge in [0.25, 0.3) is 5.91 Å². The summed E-state index contributed by atoms with van der Waals surface area (Å²) >= 11 is 6.68. The lowest BCUT2D eigenvalue weighted by Crippen LogP contribution is -2.28. The Morgan fingerprint density at radius 2 is 1.71 bits per heavy atom. The van der Waals surface area contributed by atoms with Crippen LogP contribution < -0.4 is 9.47 Å². The maximum Gasteiger partial charge on any atom is 0.266 e. The third kappa shape index (κ3) is 6.34. The number of hydrogen-bond donors (Lipinski definition) is 0. The van der Waals surface area contributed by atoms with Gasteiger partial charge in [0.1, 0.15) is 29.0 Å². The highest BCUT2D eigenvalue weighted by Crippen LogP contribution is 2.33. The van der Waals surface area contributed by atoms with E-state index in [0.717, 1.165) is 23.5 Å². The minimum absolute atomic E-state index is 0.0194. The van der Waals surface area contributed by atoms with Crippen LogP contribution in [-0.2, 0) is 10.2 Å². The molecule has 1 aliphatic rings. The van der Waals surface area contributed by atoms with E-state index in [0.29, 0.717) is 29.0 Å². The van der Waals surface area contributed by atoms with Gasteiger partial charge in [0.05, 0.1) is 4.91 Å². The molecule has 0 bridgehead atoms. The van der Waals surface area contributed by atoms with Crippen LogP contribution in [0.5, 0.6) is 11.5 Å². The Labute approximate surface area is 194 Å². The summed E-state index contributed by atoms with van der Waals surface area (Å²) in [7, 11) is 0. The molecule has 1 amide bonds. The Morgan fingerprint density at radius 3 is 2.35 bits per heavy atom. The summed E-state index contributed by atoms with van der Waals surface area (Å²) < 4.78 is 12.2. The molecule has 0 aliphatic carbocycles. The molecule has 0 aromatic heterocycles. The lowest BCUT2D eigenvalue weighted by atomic mass is 9.87. The van der Waals surface area contributed by atoms with E-state index in [1.165, 1.54) is 17.3 Å². The first kappa shape index (κ1) is 23.4. The van der Waals surface area contributed by atoms with Crippen LogP contribution in [0, 0.1) is 0 Å². The van der Waals surface area contributed by atoms with E-state index in [1.54, 1.807) is 4.90 Å². The average molecular weight is 456 g/mol. The summed E-state index contributed by atoms with van der Waals surface area (Å²) in [6.07, 6.45) is 2.75. The Kier molecular flexibility index (Phi) is 7.79. The van der Waals surface area contributed by atoms with Gasteiger partial charge < -0.3 is 9.47 Å². The van der Waals surface area contributed by atoms with Crippen LogP contribution in [-0.4, -0.2) is 34.9 Å². The van der Waals surface area contributed by atoms with E-state index in [2.05, 4.69) is 32.9 Å². The second-order valence-corrected chi connectivity index (χ2v) is 10.1. The van der Waals surface area contributed by atoms with E-state index in [4.69, 9.17) is 21.7 Å². The zero-order valence-electron chi connectivity index (χ0n) is 18.5. The SMILES string of the molecule is CCCN1C(=O)/C(=C\c2cccc(OCCOc3ccc(C(C)(C)C)cc3)c2)SC1=S. The Bertz CT molecular complexity index is 961. The lowest BCUT2D eigenvalue weighted by Gasteiger charge is -2.19. The summed E-state index contributed by atoms with van der Waals surface area (Å²) in [5.74, 6) is 1.55. The van der Waals surface area contributed by atoms with Crippen LogP contribution in [0.2, 0.25) is 0 Å². The second-order valence-electron chi connectivity index (χ2n) is 8.38. The van der Waals surface area contributed by atoms with Gasteiger partial charge in [-0.15, -0.1) is 0 Å². The van der Waals surface area contributed by atoms with Crippen molar-refractivity contribution in [2.24, 2.45) is 0 Å². The van der Waals surface area contributed by atoms with Gasteiger partial charge >= 0.3 is 0 Å². The van der Waals surface area contributed by atoms with Crippen molar-refractivity contribution >= 4 is 40.3 Å². The molecule has 0 unspecified atom stereocenters. The van der Waals surface area contributed by atoms with Crippen molar-refractivity contribution in [3.63, 3.8) is 0 Å². The van der Waals surface area contributed by atoms with Gasteiger partial charge in [0, 0.05) is 6.54 Å². The van der Waals surface area contributed by atoms with Gasteiger partial charge in [-0.3, -0.25) is 9.69 Å². The number of thioether (sulfide) groups is 1. The van der Waals surface area contributed by atoms with Gasteiger partial charge in [-0.25, -0.2) is 0 Å². The van der Waals surface area contributed by atoms with E-state index >= 15 is 0 Å². The number of nitrogens with zero attached hydrogens (tertiary/aromatic N) is 1. The average Bonchev–Trinajstić information content (AvgIpc) is 2.99. The summed E-state index contributed by atoms with van der Waals surface area (Å²) in [6.45, 7) is 10.2. The predicted octanol–water partition coefficient (Wildman–Crippen LogP) is 6.05. The number of hydrogen-bond acceptors (Lipinski definition) is 5. The van der Waals surface area contributed by atoms with Crippen LogP contribution in [0.4, 0.5) is 0 Å². The largest absolute Gasteiger partial charge is 0.490 e. The van der Waals surface area contributed by atoms with E-state index in [9.17, 15) is 4.79 Å². The van der Waals surface area contributed by atoms with Gasteiger partial charge in [-0.1, -0.05) is 75.9 Å². The van der Waals surface area contributed by atoms with Gasteiger partial charge in [-0.05, 0) is 53.3 Å². The van der Waals surface area contributed by atoms with Crippen molar-refractivity contribution < 1.29 is 14.3 Å². The predicted molar refractivity (Wildman–Crippen MR) is 133 cm³/mol. The van der Waals surface area contributed by atoms with Crippen LogP contribution in [0.15, 0.2) is 53.4 Å². The Hall–Kier alpha value is -2.31. The maximum absolute atomic E-state index is 12.5. The molecule has 1 saturated heterocycles.